The highest BCUT2D eigenvalue weighted by Gasteiger charge is 2.31. The molecule has 14 nitrogen and oxygen atoms in total. The molecule has 0 saturated heterocycles. The number of hydrogen-bond acceptors (Lipinski definition) is 8. The standard InChI is InChI=1S/C25H35N7O7/c1-13(2)7-18(23(36)32-20(25(38)39)8-14-3-5-16(33)6-4-14)31-24(37)19(10-21(27)34)30-22(35)17(26)9-15-11-28-12-29-15/h3-6,11-13,17-20,33H,7-10,26H2,1-2H3,(H2,27,34)(H,28,29)(H,30,35)(H,31,37)(H,32,36)(H,38,39). The van der Waals surface area contributed by atoms with Gasteiger partial charge in [0.15, 0.2) is 0 Å². The van der Waals surface area contributed by atoms with Gasteiger partial charge in [-0.2, -0.15) is 0 Å². The highest BCUT2D eigenvalue weighted by atomic mass is 16.4. The Morgan fingerprint density at radius 1 is 0.923 bits per heavy atom. The number of hydrogen-bond donors (Lipinski definition) is 8. The number of aromatic amines is 1. The van der Waals surface area contributed by atoms with Crippen LogP contribution in [0.5, 0.6) is 5.75 Å². The second kappa shape index (κ2) is 14.5. The van der Waals surface area contributed by atoms with Gasteiger partial charge in [0.25, 0.3) is 0 Å². The molecule has 4 atom stereocenters. The summed E-state index contributed by atoms with van der Waals surface area (Å²) < 4.78 is 0. The van der Waals surface area contributed by atoms with Crippen LogP contribution in [0.1, 0.15) is 37.9 Å². The fourth-order valence-corrected chi connectivity index (χ4v) is 3.73. The fourth-order valence-electron chi connectivity index (χ4n) is 3.73. The molecule has 39 heavy (non-hydrogen) atoms. The molecule has 0 aliphatic carbocycles. The Hall–Kier alpha value is -4.46. The normalized spacial score (nSPS) is 14.1. The van der Waals surface area contributed by atoms with Crippen LogP contribution in [-0.2, 0) is 36.8 Å². The van der Waals surface area contributed by atoms with E-state index in [0.717, 1.165) is 0 Å². The molecule has 2 rings (SSSR count). The molecule has 2 aromatic rings. The summed E-state index contributed by atoms with van der Waals surface area (Å²) in [5.74, 6) is -4.60. The van der Waals surface area contributed by atoms with Crippen molar-refractivity contribution in [1.82, 2.24) is 25.9 Å². The molecule has 1 aromatic heterocycles. The highest BCUT2D eigenvalue weighted by Crippen LogP contribution is 2.12. The van der Waals surface area contributed by atoms with Gasteiger partial charge in [0, 0.05) is 24.7 Å². The number of carbonyl (C=O) groups excluding carboxylic acids is 4. The Morgan fingerprint density at radius 3 is 2.05 bits per heavy atom. The van der Waals surface area contributed by atoms with E-state index >= 15 is 0 Å². The summed E-state index contributed by atoms with van der Waals surface area (Å²) in [5.41, 5.74) is 12.3. The molecule has 14 heteroatoms. The molecule has 1 heterocycles. The van der Waals surface area contributed by atoms with E-state index in [1.54, 1.807) is 13.8 Å². The zero-order valence-corrected chi connectivity index (χ0v) is 21.7. The van der Waals surface area contributed by atoms with Crippen LogP contribution in [0.15, 0.2) is 36.8 Å². The molecule has 0 spiro atoms. The lowest BCUT2D eigenvalue weighted by Gasteiger charge is -2.25. The molecule has 4 amide bonds. The number of benzene rings is 1. The second-order valence-corrected chi connectivity index (χ2v) is 9.58. The molecule has 0 aliphatic rings. The molecule has 212 valence electrons. The van der Waals surface area contributed by atoms with E-state index in [4.69, 9.17) is 11.5 Å². The first-order valence-corrected chi connectivity index (χ1v) is 12.3. The third kappa shape index (κ3) is 10.4. The van der Waals surface area contributed by atoms with E-state index < -0.39 is 60.2 Å². The van der Waals surface area contributed by atoms with E-state index in [9.17, 15) is 34.2 Å². The summed E-state index contributed by atoms with van der Waals surface area (Å²) in [5, 5.41) is 26.4. The largest absolute Gasteiger partial charge is 0.508 e. The summed E-state index contributed by atoms with van der Waals surface area (Å²) in [6.07, 6.45) is 2.51. The summed E-state index contributed by atoms with van der Waals surface area (Å²) in [6.45, 7) is 3.60. The maximum Gasteiger partial charge on any atom is 0.326 e. The van der Waals surface area contributed by atoms with Crippen molar-refractivity contribution in [2.24, 2.45) is 17.4 Å². The lowest BCUT2D eigenvalue weighted by Crippen LogP contribution is -2.58. The average molecular weight is 546 g/mol. The third-order valence-electron chi connectivity index (χ3n) is 5.70. The zero-order valence-electron chi connectivity index (χ0n) is 21.7. The fraction of sp³-hybridized carbons (Fsp3) is 0.440. The third-order valence-corrected chi connectivity index (χ3v) is 5.70. The van der Waals surface area contributed by atoms with Gasteiger partial charge in [-0.05, 0) is 30.0 Å². The van der Waals surface area contributed by atoms with Gasteiger partial charge in [0.1, 0.15) is 23.9 Å². The number of nitrogens with two attached hydrogens (primary N) is 2. The number of aliphatic carboxylic acids is 1. The van der Waals surface area contributed by atoms with Gasteiger partial charge in [-0.25, -0.2) is 9.78 Å². The smallest absolute Gasteiger partial charge is 0.326 e. The number of imidazole rings is 1. The zero-order chi connectivity index (χ0) is 29.1. The van der Waals surface area contributed by atoms with Gasteiger partial charge in [0.05, 0.1) is 18.8 Å². The predicted octanol–water partition coefficient (Wildman–Crippen LogP) is -1.31. The highest BCUT2D eigenvalue weighted by molar-refractivity contribution is 5.96. The monoisotopic (exact) mass is 545 g/mol. The molecule has 0 fully saturated rings. The van der Waals surface area contributed by atoms with E-state index in [1.807, 2.05) is 0 Å². The van der Waals surface area contributed by atoms with Crippen molar-refractivity contribution in [3.63, 3.8) is 0 Å². The van der Waals surface area contributed by atoms with Crippen LogP contribution in [0, 0.1) is 5.92 Å². The van der Waals surface area contributed by atoms with Crippen LogP contribution in [0.4, 0.5) is 0 Å². The molecule has 0 aliphatic heterocycles. The lowest BCUT2D eigenvalue weighted by molar-refractivity contribution is -0.142. The minimum absolute atomic E-state index is 0.00856. The van der Waals surface area contributed by atoms with Crippen LogP contribution < -0.4 is 27.4 Å². The predicted molar refractivity (Wildman–Crippen MR) is 139 cm³/mol. The Labute approximate surface area is 224 Å². The van der Waals surface area contributed by atoms with Crippen molar-refractivity contribution in [1.29, 1.82) is 0 Å². The molecule has 0 radical (unpaired) electrons. The van der Waals surface area contributed by atoms with Crippen molar-refractivity contribution >= 4 is 29.6 Å². The molecule has 0 saturated carbocycles. The van der Waals surface area contributed by atoms with Crippen LogP contribution in [-0.4, -0.2) is 73.9 Å². The van der Waals surface area contributed by atoms with Crippen LogP contribution in [0.3, 0.4) is 0 Å². The van der Waals surface area contributed by atoms with Crippen LogP contribution >= 0.6 is 0 Å². The SMILES string of the molecule is CC(C)CC(NC(=O)C(CC(N)=O)NC(=O)C(N)Cc1cnc[nH]1)C(=O)NC(Cc1ccc(O)cc1)C(=O)O. The lowest BCUT2D eigenvalue weighted by atomic mass is 10.0. The van der Waals surface area contributed by atoms with Crippen molar-refractivity contribution in [2.75, 3.05) is 0 Å². The van der Waals surface area contributed by atoms with Gasteiger partial charge in [-0.3, -0.25) is 19.2 Å². The molecule has 10 N–H and O–H groups in total. The molecule has 0 bridgehead atoms. The van der Waals surface area contributed by atoms with Crippen molar-refractivity contribution < 1.29 is 34.2 Å². The average Bonchev–Trinajstić information content (AvgIpc) is 3.36. The van der Waals surface area contributed by atoms with Gasteiger partial charge >= 0.3 is 5.97 Å². The van der Waals surface area contributed by atoms with Gasteiger partial charge in [0.2, 0.25) is 23.6 Å². The summed E-state index contributed by atoms with van der Waals surface area (Å²) in [4.78, 5) is 68.9. The topological polar surface area (TPSA) is 243 Å². The minimum Gasteiger partial charge on any atom is -0.508 e. The molecule has 1 aromatic carbocycles. The van der Waals surface area contributed by atoms with E-state index in [2.05, 4.69) is 25.9 Å². The first-order valence-electron chi connectivity index (χ1n) is 12.3. The van der Waals surface area contributed by atoms with E-state index in [1.165, 1.54) is 36.8 Å². The van der Waals surface area contributed by atoms with Gasteiger partial charge in [-0.15, -0.1) is 0 Å². The van der Waals surface area contributed by atoms with Crippen LogP contribution in [0.25, 0.3) is 0 Å². The number of rotatable bonds is 15. The maximum absolute atomic E-state index is 13.1. The van der Waals surface area contributed by atoms with E-state index in [-0.39, 0.29) is 30.9 Å². The first kappa shape index (κ1) is 30.8. The Kier molecular flexibility index (Phi) is 11.4. The summed E-state index contributed by atoms with van der Waals surface area (Å²) >= 11 is 0. The number of primary amides is 1. The number of phenols is 1. The number of nitrogens with zero attached hydrogens (tertiary/aromatic N) is 1. The Bertz CT molecular complexity index is 1140. The van der Waals surface area contributed by atoms with Gasteiger partial charge in [-0.1, -0.05) is 26.0 Å². The number of aromatic nitrogens is 2. The number of aromatic hydroxyl groups is 1. The molecular weight excluding hydrogens is 510 g/mol. The number of H-pyrrole nitrogens is 1. The Balaban J connectivity index is 2.13. The maximum atomic E-state index is 13.1. The number of amides is 4. The minimum atomic E-state index is -1.42. The Morgan fingerprint density at radius 2 is 1.51 bits per heavy atom. The molecule has 4 unspecified atom stereocenters. The summed E-state index contributed by atoms with van der Waals surface area (Å²) in [6, 6.07) is 0.855. The number of carboxylic acids is 1. The van der Waals surface area contributed by atoms with Gasteiger partial charge < -0.3 is 42.6 Å². The van der Waals surface area contributed by atoms with E-state index in [0.29, 0.717) is 11.3 Å². The van der Waals surface area contributed by atoms with Crippen molar-refractivity contribution in [2.45, 2.75) is 63.7 Å². The van der Waals surface area contributed by atoms with Crippen molar-refractivity contribution in [3.8, 4) is 5.75 Å². The van der Waals surface area contributed by atoms with Crippen molar-refractivity contribution in [3.05, 3.63) is 48.0 Å². The van der Waals surface area contributed by atoms with Crippen LogP contribution in [0.2, 0.25) is 0 Å². The number of carboxylic acid groups (broad SMARTS) is 1. The second-order valence-electron chi connectivity index (χ2n) is 9.58. The molecular formula is C25H35N7O7. The quantitative estimate of drug-likeness (QED) is 0.132. The summed E-state index contributed by atoms with van der Waals surface area (Å²) in [7, 11) is 0. The first-order chi connectivity index (χ1) is 18.3. The number of phenolic OH excluding ortho intramolecular Hbond substituents is 1. The number of nitrogens with one attached hydrogen (secondary N) is 4. The number of carbonyl (C=O) groups is 5.